The summed E-state index contributed by atoms with van der Waals surface area (Å²) in [7, 11) is 0. The van der Waals surface area contributed by atoms with Gasteiger partial charge in [-0.25, -0.2) is 4.98 Å². The Labute approximate surface area is 128 Å². The minimum absolute atomic E-state index is 0.316. The summed E-state index contributed by atoms with van der Waals surface area (Å²) in [6.45, 7) is 6.00. The van der Waals surface area contributed by atoms with E-state index in [0.717, 1.165) is 34.0 Å². The molecule has 0 aliphatic heterocycles. The molecule has 3 aromatic rings. The highest BCUT2D eigenvalue weighted by atomic mass is 16.5. The molecule has 0 saturated carbocycles. The largest absolute Gasteiger partial charge is 0.471 e. The van der Waals surface area contributed by atoms with Crippen molar-refractivity contribution >= 4 is 0 Å². The van der Waals surface area contributed by atoms with Gasteiger partial charge in [0.1, 0.15) is 18.1 Å². The highest BCUT2D eigenvalue weighted by molar-refractivity contribution is 5.62. The van der Waals surface area contributed by atoms with Gasteiger partial charge in [0.2, 0.25) is 5.88 Å². The first-order valence-corrected chi connectivity index (χ1v) is 6.93. The van der Waals surface area contributed by atoms with Gasteiger partial charge in [0.15, 0.2) is 0 Å². The van der Waals surface area contributed by atoms with Gasteiger partial charge in [-0.2, -0.15) is 0 Å². The van der Waals surface area contributed by atoms with E-state index in [9.17, 15) is 0 Å². The molecule has 0 radical (unpaired) electrons. The topological polar surface area (TPSA) is 73.9 Å². The van der Waals surface area contributed by atoms with Crippen molar-refractivity contribution in [3.8, 4) is 17.1 Å². The molecule has 3 heterocycles. The molecule has 0 amide bonds. The van der Waals surface area contributed by atoms with Gasteiger partial charge in [-0.15, -0.1) is 0 Å². The first-order chi connectivity index (χ1) is 10.6. The van der Waals surface area contributed by atoms with E-state index in [4.69, 9.17) is 9.26 Å². The first kappa shape index (κ1) is 14.2. The third-order valence-electron chi connectivity index (χ3n) is 3.29. The van der Waals surface area contributed by atoms with E-state index in [1.807, 2.05) is 32.9 Å². The molecule has 112 valence electrons. The van der Waals surface area contributed by atoms with E-state index in [0.29, 0.717) is 12.5 Å². The lowest BCUT2D eigenvalue weighted by Crippen LogP contribution is -2.00. The molecular formula is C16H16N4O2. The van der Waals surface area contributed by atoms with Crippen molar-refractivity contribution in [1.29, 1.82) is 0 Å². The zero-order chi connectivity index (χ0) is 15.5. The van der Waals surface area contributed by atoms with Crippen molar-refractivity contribution in [2.75, 3.05) is 0 Å². The second-order valence-electron chi connectivity index (χ2n) is 5.04. The molecule has 3 aromatic heterocycles. The first-order valence-electron chi connectivity index (χ1n) is 6.93. The van der Waals surface area contributed by atoms with Crippen LogP contribution in [0.5, 0.6) is 5.88 Å². The second kappa shape index (κ2) is 5.93. The molecule has 6 nitrogen and oxygen atoms in total. The van der Waals surface area contributed by atoms with Gasteiger partial charge in [0.25, 0.3) is 0 Å². The predicted octanol–water partition coefficient (Wildman–Crippen LogP) is 3.03. The van der Waals surface area contributed by atoms with Crippen LogP contribution >= 0.6 is 0 Å². The van der Waals surface area contributed by atoms with E-state index >= 15 is 0 Å². The van der Waals surface area contributed by atoms with Gasteiger partial charge in [-0.3, -0.25) is 9.97 Å². The Morgan fingerprint density at radius 3 is 2.45 bits per heavy atom. The number of hydrogen-bond acceptors (Lipinski definition) is 6. The molecule has 0 bridgehead atoms. The van der Waals surface area contributed by atoms with Gasteiger partial charge >= 0.3 is 0 Å². The van der Waals surface area contributed by atoms with Crippen LogP contribution in [0.15, 0.2) is 35.2 Å². The van der Waals surface area contributed by atoms with Crippen LogP contribution in [0.1, 0.15) is 22.7 Å². The van der Waals surface area contributed by atoms with Crippen LogP contribution in [0.3, 0.4) is 0 Å². The van der Waals surface area contributed by atoms with Gasteiger partial charge in [-0.1, -0.05) is 5.16 Å². The van der Waals surface area contributed by atoms with Crippen molar-refractivity contribution < 1.29 is 9.26 Å². The summed E-state index contributed by atoms with van der Waals surface area (Å²) in [5.74, 6) is 1.19. The molecule has 0 aromatic carbocycles. The van der Waals surface area contributed by atoms with Crippen LogP contribution in [0, 0.1) is 20.8 Å². The monoisotopic (exact) mass is 296 g/mol. The minimum atomic E-state index is 0.316. The summed E-state index contributed by atoms with van der Waals surface area (Å²) in [5, 5.41) is 4.11. The van der Waals surface area contributed by atoms with Crippen LogP contribution in [-0.4, -0.2) is 20.1 Å². The third-order valence-corrected chi connectivity index (χ3v) is 3.29. The molecule has 3 rings (SSSR count). The van der Waals surface area contributed by atoms with E-state index in [-0.39, 0.29) is 0 Å². The van der Waals surface area contributed by atoms with Crippen LogP contribution in [0.25, 0.3) is 11.3 Å². The Bertz CT molecular complexity index is 764. The number of ether oxygens (including phenoxy) is 1. The molecular weight excluding hydrogens is 280 g/mol. The van der Waals surface area contributed by atoms with Crippen molar-refractivity contribution in [1.82, 2.24) is 20.1 Å². The predicted molar refractivity (Wildman–Crippen MR) is 80.3 cm³/mol. The molecule has 0 aliphatic rings. The smallest absolute Gasteiger partial charge is 0.232 e. The van der Waals surface area contributed by atoms with Crippen molar-refractivity contribution in [2.45, 2.75) is 27.4 Å². The van der Waals surface area contributed by atoms with Crippen LogP contribution < -0.4 is 4.74 Å². The Morgan fingerprint density at radius 1 is 0.955 bits per heavy atom. The lowest BCUT2D eigenvalue weighted by Gasteiger charge is -2.06. The van der Waals surface area contributed by atoms with E-state index in [1.54, 1.807) is 18.6 Å². The standard InChI is InChI=1S/C16H16N4O2/c1-10-4-5-13(7-17-10)16-14(12(3)22-20-16)9-21-15-8-18-11(2)6-19-15/h4-8H,9H2,1-3H3. The van der Waals surface area contributed by atoms with Gasteiger partial charge in [0.05, 0.1) is 23.7 Å². The number of nitrogens with zero attached hydrogens (tertiary/aromatic N) is 4. The minimum Gasteiger partial charge on any atom is -0.471 e. The Hall–Kier alpha value is -2.76. The lowest BCUT2D eigenvalue weighted by atomic mass is 10.1. The second-order valence-corrected chi connectivity index (χ2v) is 5.04. The number of hydrogen-bond donors (Lipinski definition) is 0. The van der Waals surface area contributed by atoms with Gasteiger partial charge in [0, 0.05) is 17.5 Å². The molecule has 0 aliphatic carbocycles. The van der Waals surface area contributed by atoms with Gasteiger partial charge in [-0.05, 0) is 32.9 Å². The Balaban J connectivity index is 1.83. The summed E-state index contributed by atoms with van der Waals surface area (Å²) in [6, 6.07) is 3.91. The molecule has 0 N–H and O–H groups in total. The number of aryl methyl sites for hydroxylation is 3. The summed E-state index contributed by atoms with van der Waals surface area (Å²) in [5.41, 5.74) is 4.32. The number of aromatic nitrogens is 4. The highest BCUT2D eigenvalue weighted by Gasteiger charge is 2.16. The molecule has 0 spiro atoms. The fraction of sp³-hybridized carbons (Fsp3) is 0.250. The van der Waals surface area contributed by atoms with E-state index in [2.05, 4.69) is 20.1 Å². The fourth-order valence-corrected chi connectivity index (χ4v) is 2.00. The van der Waals surface area contributed by atoms with E-state index in [1.165, 1.54) is 0 Å². The summed E-state index contributed by atoms with van der Waals surface area (Å²) in [6.07, 6.45) is 5.05. The molecule has 6 heteroatoms. The number of pyridine rings is 1. The number of rotatable bonds is 4. The van der Waals surface area contributed by atoms with E-state index < -0.39 is 0 Å². The van der Waals surface area contributed by atoms with Crippen LogP contribution in [-0.2, 0) is 6.61 Å². The van der Waals surface area contributed by atoms with Crippen molar-refractivity contribution in [2.24, 2.45) is 0 Å². The molecule has 0 saturated heterocycles. The third kappa shape index (κ3) is 2.95. The van der Waals surface area contributed by atoms with Crippen molar-refractivity contribution in [3.63, 3.8) is 0 Å². The average Bonchev–Trinajstić information content (AvgIpc) is 2.89. The van der Waals surface area contributed by atoms with Crippen LogP contribution in [0.4, 0.5) is 0 Å². The SMILES string of the molecule is Cc1ccc(-c2noc(C)c2COc2cnc(C)cn2)cn1. The summed E-state index contributed by atoms with van der Waals surface area (Å²) >= 11 is 0. The molecule has 0 unspecified atom stereocenters. The summed E-state index contributed by atoms with van der Waals surface area (Å²) in [4.78, 5) is 12.6. The normalized spacial score (nSPS) is 10.7. The summed E-state index contributed by atoms with van der Waals surface area (Å²) < 4.78 is 11.0. The fourth-order valence-electron chi connectivity index (χ4n) is 2.00. The van der Waals surface area contributed by atoms with Crippen molar-refractivity contribution in [3.05, 3.63) is 53.4 Å². The van der Waals surface area contributed by atoms with Crippen LogP contribution in [0.2, 0.25) is 0 Å². The zero-order valence-corrected chi connectivity index (χ0v) is 12.7. The molecule has 22 heavy (non-hydrogen) atoms. The van der Waals surface area contributed by atoms with Gasteiger partial charge < -0.3 is 9.26 Å². The maximum atomic E-state index is 5.68. The Kier molecular flexibility index (Phi) is 3.82. The zero-order valence-electron chi connectivity index (χ0n) is 12.7. The lowest BCUT2D eigenvalue weighted by molar-refractivity contribution is 0.289. The average molecular weight is 296 g/mol. The maximum absolute atomic E-state index is 5.68. The molecule has 0 atom stereocenters. The quantitative estimate of drug-likeness (QED) is 0.736. The Morgan fingerprint density at radius 2 is 1.77 bits per heavy atom. The maximum Gasteiger partial charge on any atom is 0.232 e. The molecule has 0 fully saturated rings. The highest BCUT2D eigenvalue weighted by Crippen LogP contribution is 2.25.